The largest absolute Gasteiger partial charge is 0.354 e. The molecule has 1 aliphatic rings. The molecule has 2 rings (SSSR count). The van der Waals surface area contributed by atoms with Gasteiger partial charge in [0.2, 0.25) is 15.9 Å². The summed E-state index contributed by atoms with van der Waals surface area (Å²) in [6.45, 7) is 0.556. The van der Waals surface area contributed by atoms with Crippen molar-refractivity contribution in [2.75, 3.05) is 25.6 Å². The van der Waals surface area contributed by atoms with E-state index in [9.17, 15) is 13.2 Å². The zero-order valence-corrected chi connectivity index (χ0v) is 15.9. The van der Waals surface area contributed by atoms with Crippen LogP contribution in [0.2, 0.25) is 0 Å². The maximum Gasteiger partial charge on any atom is 0.243 e. The van der Waals surface area contributed by atoms with Crippen LogP contribution in [0, 0.1) is 0 Å². The zero-order valence-electron chi connectivity index (χ0n) is 14.3. The van der Waals surface area contributed by atoms with Crippen molar-refractivity contribution in [1.29, 1.82) is 0 Å². The van der Waals surface area contributed by atoms with Crippen molar-refractivity contribution in [1.82, 2.24) is 9.62 Å². The summed E-state index contributed by atoms with van der Waals surface area (Å²) >= 11 is 1.90. The standard InChI is InChI=1S/C17H26N2O3S2/c1-19(24(2,21)22)16(14-8-4-3-5-9-14)17(20)18-12-13-23-15-10-6-7-11-15/h3-5,8-9,15-16H,6-7,10-13H2,1-2H3,(H,18,20)/t16-/m0/s1. The maximum atomic E-state index is 12.6. The van der Waals surface area contributed by atoms with Gasteiger partial charge in [0, 0.05) is 24.6 Å². The number of amides is 1. The maximum absolute atomic E-state index is 12.6. The van der Waals surface area contributed by atoms with Gasteiger partial charge in [-0.25, -0.2) is 8.42 Å². The van der Waals surface area contributed by atoms with Gasteiger partial charge >= 0.3 is 0 Å². The molecule has 1 saturated carbocycles. The van der Waals surface area contributed by atoms with Gasteiger partial charge in [-0.1, -0.05) is 43.2 Å². The predicted molar refractivity (Wildman–Crippen MR) is 99.5 cm³/mol. The third-order valence-corrected chi connectivity index (χ3v) is 6.95. The Balaban J connectivity index is 1.96. The Morgan fingerprint density at radius 1 is 1.29 bits per heavy atom. The van der Waals surface area contributed by atoms with Crippen LogP contribution in [0.4, 0.5) is 0 Å². The second-order valence-electron chi connectivity index (χ2n) is 6.16. The lowest BCUT2D eigenvalue weighted by atomic mass is 10.1. The van der Waals surface area contributed by atoms with Gasteiger partial charge in [0.1, 0.15) is 6.04 Å². The van der Waals surface area contributed by atoms with Crippen LogP contribution in [-0.2, 0) is 14.8 Å². The number of benzene rings is 1. The van der Waals surface area contributed by atoms with Crippen molar-refractivity contribution in [2.45, 2.75) is 37.0 Å². The molecule has 1 amide bonds. The molecule has 0 heterocycles. The van der Waals surface area contributed by atoms with E-state index in [1.54, 1.807) is 12.1 Å². The summed E-state index contributed by atoms with van der Waals surface area (Å²) < 4.78 is 24.9. The molecule has 1 aromatic carbocycles. The second kappa shape index (κ2) is 8.87. The molecule has 134 valence electrons. The third kappa shape index (κ3) is 5.50. The first kappa shape index (κ1) is 19.3. The highest BCUT2D eigenvalue weighted by Gasteiger charge is 2.30. The molecule has 0 bridgehead atoms. The van der Waals surface area contributed by atoms with Gasteiger partial charge in [0.05, 0.1) is 6.26 Å². The number of nitrogens with zero attached hydrogens (tertiary/aromatic N) is 1. The van der Waals surface area contributed by atoms with Gasteiger partial charge in [-0.05, 0) is 18.4 Å². The van der Waals surface area contributed by atoms with Crippen molar-refractivity contribution in [3.8, 4) is 0 Å². The first-order chi connectivity index (χ1) is 11.4. The van der Waals surface area contributed by atoms with Crippen LogP contribution in [0.5, 0.6) is 0 Å². The lowest BCUT2D eigenvalue weighted by Gasteiger charge is -2.25. The summed E-state index contributed by atoms with van der Waals surface area (Å²) in [5.74, 6) is 0.585. The highest BCUT2D eigenvalue weighted by atomic mass is 32.2. The molecule has 0 aromatic heterocycles. The van der Waals surface area contributed by atoms with E-state index in [4.69, 9.17) is 0 Å². The molecule has 0 radical (unpaired) electrons. The number of hydrogen-bond acceptors (Lipinski definition) is 4. The Hall–Kier alpha value is -1.05. The third-order valence-electron chi connectivity index (χ3n) is 4.31. The Bertz CT molecular complexity index is 628. The number of rotatable bonds is 8. The minimum Gasteiger partial charge on any atom is -0.354 e. The van der Waals surface area contributed by atoms with Crippen LogP contribution in [0.25, 0.3) is 0 Å². The molecule has 7 heteroatoms. The Kier molecular flexibility index (Phi) is 7.13. The molecule has 1 aromatic rings. The Labute approximate surface area is 149 Å². The number of carbonyl (C=O) groups is 1. The molecular formula is C17H26N2O3S2. The summed E-state index contributed by atoms with van der Waals surface area (Å²) in [6, 6.07) is 8.18. The van der Waals surface area contributed by atoms with E-state index in [-0.39, 0.29) is 5.91 Å². The summed E-state index contributed by atoms with van der Waals surface area (Å²) in [6.07, 6.45) is 6.26. The van der Waals surface area contributed by atoms with Crippen LogP contribution in [-0.4, -0.2) is 49.5 Å². The zero-order chi connectivity index (χ0) is 17.6. The minimum atomic E-state index is -3.47. The molecule has 1 aliphatic carbocycles. The number of thioether (sulfide) groups is 1. The van der Waals surface area contributed by atoms with Gasteiger partial charge in [-0.15, -0.1) is 0 Å². The molecule has 0 saturated heterocycles. The molecule has 1 N–H and O–H groups in total. The molecule has 1 atom stereocenters. The number of nitrogens with one attached hydrogen (secondary N) is 1. The average Bonchev–Trinajstić information content (AvgIpc) is 3.05. The topological polar surface area (TPSA) is 66.5 Å². The molecule has 0 unspecified atom stereocenters. The molecule has 1 fully saturated rings. The number of hydrogen-bond donors (Lipinski definition) is 1. The highest BCUT2D eigenvalue weighted by Crippen LogP contribution is 2.29. The fourth-order valence-electron chi connectivity index (χ4n) is 2.90. The van der Waals surface area contributed by atoms with Crippen molar-refractivity contribution >= 4 is 27.7 Å². The van der Waals surface area contributed by atoms with E-state index >= 15 is 0 Å². The summed E-state index contributed by atoms with van der Waals surface area (Å²) in [7, 11) is -2.03. The van der Waals surface area contributed by atoms with Gasteiger partial charge in [0.25, 0.3) is 0 Å². The summed E-state index contributed by atoms with van der Waals surface area (Å²) in [5, 5.41) is 3.61. The van der Waals surface area contributed by atoms with E-state index < -0.39 is 16.1 Å². The van der Waals surface area contributed by atoms with Crippen LogP contribution >= 0.6 is 11.8 Å². The van der Waals surface area contributed by atoms with E-state index in [1.807, 2.05) is 30.0 Å². The molecule has 0 aliphatic heterocycles. The van der Waals surface area contributed by atoms with E-state index in [2.05, 4.69) is 5.32 Å². The number of carbonyl (C=O) groups excluding carboxylic acids is 1. The number of sulfonamides is 1. The Morgan fingerprint density at radius 3 is 2.50 bits per heavy atom. The second-order valence-corrected chi connectivity index (χ2v) is 9.61. The quantitative estimate of drug-likeness (QED) is 0.714. The van der Waals surface area contributed by atoms with Gasteiger partial charge in [-0.3, -0.25) is 4.79 Å². The Morgan fingerprint density at radius 2 is 1.92 bits per heavy atom. The fraction of sp³-hybridized carbons (Fsp3) is 0.588. The highest BCUT2D eigenvalue weighted by molar-refractivity contribution is 7.99. The van der Waals surface area contributed by atoms with Gasteiger partial charge < -0.3 is 5.32 Å². The van der Waals surface area contributed by atoms with Crippen molar-refractivity contribution in [2.24, 2.45) is 0 Å². The van der Waals surface area contributed by atoms with E-state index in [0.29, 0.717) is 17.4 Å². The van der Waals surface area contributed by atoms with Crippen LogP contribution in [0.15, 0.2) is 30.3 Å². The van der Waals surface area contributed by atoms with Gasteiger partial charge in [0.15, 0.2) is 0 Å². The normalized spacial score (nSPS) is 17.1. The average molecular weight is 371 g/mol. The van der Waals surface area contributed by atoms with Crippen LogP contribution in [0.1, 0.15) is 37.3 Å². The van der Waals surface area contributed by atoms with E-state index in [1.165, 1.54) is 32.7 Å². The monoisotopic (exact) mass is 370 g/mol. The van der Waals surface area contributed by atoms with Crippen molar-refractivity contribution in [3.63, 3.8) is 0 Å². The summed E-state index contributed by atoms with van der Waals surface area (Å²) in [5.41, 5.74) is 0.673. The first-order valence-electron chi connectivity index (χ1n) is 8.27. The van der Waals surface area contributed by atoms with Crippen LogP contribution < -0.4 is 5.32 Å². The molecule has 5 nitrogen and oxygen atoms in total. The lowest BCUT2D eigenvalue weighted by Crippen LogP contribution is -2.41. The first-order valence-corrected chi connectivity index (χ1v) is 11.2. The molecule has 24 heavy (non-hydrogen) atoms. The smallest absolute Gasteiger partial charge is 0.243 e. The lowest BCUT2D eigenvalue weighted by molar-refractivity contribution is -0.124. The van der Waals surface area contributed by atoms with Gasteiger partial charge in [-0.2, -0.15) is 16.1 Å². The SMILES string of the molecule is CN([C@H](C(=O)NCCSC1CCCC1)c1ccccc1)S(C)(=O)=O. The minimum absolute atomic E-state index is 0.277. The predicted octanol–water partition coefficient (Wildman–Crippen LogP) is 2.41. The van der Waals surface area contributed by atoms with Crippen molar-refractivity contribution in [3.05, 3.63) is 35.9 Å². The fourth-order valence-corrected chi connectivity index (χ4v) is 4.73. The van der Waals surface area contributed by atoms with E-state index in [0.717, 1.165) is 16.3 Å². The summed E-state index contributed by atoms with van der Waals surface area (Å²) in [4.78, 5) is 12.6. The molecule has 0 spiro atoms. The van der Waals surface area contributed by atoms with Crippen LogP contribution in [0.3, 0.4) is 0 Å². The van der Waals surface area contributed by atoms with Crippen molar-refractivity contribution < 1.29 is 13.2 Å². The number of likely N-dealkylation sites (N-methyl/N-ethyl adjacent to an activating group) is 1. The molecular weight excluding hydrogens is 344 g/mol.